The average molecular weight is 295 g/mol. The minimum absolute atomic E-state index is 0.707. The minimum Gasteiger partial charge on any atom is -0.441 e. The van der Waals surface area contributed by atoms with Crippen molar-refractivity contribution in [1.29, 1.82) is 0 Å². The molecule has 20 heavy (non-hydrogen) atoms. The summed E-state index contributed by atoms with van der Waals surface area (Å²) in [6.07, 6.45) is 2.49. The molecule has 0 saturated carbocycles. The molecule has 2 aromatic rings. The van der Waals surface area contributed by atoms with E-state index < -0.39 is 0 Å². The first-order valence-corrected chi connectivity index (χ1v) is 6.99. The fourth-order valence-corrected chi connectivity index (χ4v) is 1.98. The Morgan fingerprint density at radius 3 is 2.95 bits per heavy atom. The number of hydrogen-bond acceptors (Lipinski definition) is 4. The lowest BCUT2D eigenvalue weighted by atomic mass is 10.1. The lowest BCUT2D eigenvalue weighted by Gasteiger charge is -2.02. The van der Waals surface area contributed by atoms with Crippen LogP contribution in [0.2, 0.25) is 5.02 Å². The van der Waals surface area contributed by atoms with Gasteiger partial charge in [0.05, 0.1) is 12.8 Å². The molecule has 0 aliphatic rings. The second-order valence-electron chi connectivity index (χ2n) is 4.58. The molecule has 4 nitrogen and oxygen atoms in total. The van der Waals surface area contributed by atoms with Crippen LogP contribution in [0.15, 0.2) is 28.8 Å². The first kappa shape index (κ1) is 15.0. The van der Waals surface area contributed by atoms with Gasteiger partial charge in [-0.3, -0.25) is 0 Å². The molecule has 1 aromatic heterocycles. The number of hydrogen-bond donors (Lipinski definition) is 1. The zero-order valence-electron chi connectivity index (χ0n) is 11.8. The number of nitrogens with one attached hydrogen (secondary N) is 1. The van der Waals surface area contributed by atoms with Crippen molar-refractivity contribution in [3.63, 3.8) is 0 Å². The lowest BCUT2D eigenvalue weighted by molar-refractivity contribution is 0.199. The Bertz CT molecular complexity index is 555. The van der Waals surface area contributed by atoms with Crippen LogP contribution in [0.4, 0.5) is 0 Å². The molecule has 0 atom stereocenters. The molecule has 2 rings (SSSR count). The van der Waals surface area contributed by atoms with Gasteiger partial charge in [0.15, 0.2) is 11.7 Å². The highest BCUT2D eigenvalue weighted by Gasteiger charge is 2.07. The fraction of sp³-hybridized carbons (Fsp3) is 0.400. The SMILES string of the molecule is COCCNCCc1ncc(-c2ccc(C)c(Cl)c2)o1. The lowest BCUT2D eigenvalue weighted by Crippen LogP contribution is -2.21. The zero-order valence-corrected chi connectivity index (χ0v) is 12.5. The van der Waals surface area contributed by atoms with E-state index in [4.69, 9.17) is 20.8 Å². The Hall–Kier alpha value is -1.36. The highest BCUT2D eigenvalue weighted by molar-refractivity contribution is 6.31. The number of ether oxygens (including phenoxy) is 1. The average Bonchev–Trinajstić information content (AvgIpc) is 2.90. The molecule has 5 heteroatoms. The minimum atomic E-state index is 0.707. The Morgan fingerprint density at radius 2 is 2.20 bits per heavy atom. The quantitative estimate of drug-likeness (QED) is 0.797. The van der Waals surface area contributed by atoms with Gasteiger partial charge in [0.2, 0.25) is 0 Å². The third-order valence-corrected chi connectivity index (χ3v) is 3.42. The summed E-state index contributed by atoms with van der Waals surface area (Å²) < 4.78 is 10.7. The van der Waals surface area contributed by atoms with Gasteiger partial charge in [0.25, 0.3) is 0 Å². The second kappa shape index (κ2) is 7.43. The third kappa shape index (κ3) is 4.07. The molecule has 108 valence electrons. The first-order valence-electron chi connectivity index (χ1n) is 6.61. The second-order valence-corrected chi connectivity index (χ2v) is 4.98. The molecule has 0 fully saturated rings. The number of aryl methyl sites for hydroxylation is 1. The summed E-state index contributed by atoms with van der Waals surface area (Å²) >= 11 is 6.12. The van der Waals surface area contributed by atoms with Crippen LogP contribution < -0.4 is 5.32 Å². The Labute approximate surface area is 124 Å². The summed E-state index contributed by atoms with van der Waals surface area (Å²) in [6, 6.07) is 5.87. The molecular formula is C15H19ClN2O2. The van der Waals surface area contributed by atoms with Gasteiger partial charge >= 0.3 is 0 Å². The van der Waals surface area contributed by atoms with Crippen LogP contribution in [0.5, 0.6) is 0 Å². The van der Waals surface area contributed by atoms with Crippen LogP contribution in [-0.2, 0) is 11.2 Å². The maximum atomic E-state index is 6.12. The Balaban J connectivity index is 1.93. The van der Waals surface area contributed by atoms with Crippen LogP contribution in [0.1, 0.15) is 11.5 Å². The summed E-state index contributed by atoms with van der Waals surface area (Å²) in [5, 5.41) is 3.99. The van der Waals surface area contributed by atoms with Gasteiger partial charge in [-0.2, -0.15) is 0 Å². The number of methoxy groups -OCH3 is 1. The van der Waals surface area contributed by atoms with E-state index in [1.807, 2.05) is 25.1 Å². The molecule has 0 aliphatic heterocycles. The number of halogens is 1. The molecule has 0 unspecified atom stereocenters. The van der Waals surface area contributed by atoms with Gasteiger partial charge in [-0.15, -0.1) is 0 Å². The molecule has 1 heterocycles. The van der Waals surface area contributed by atoms with E-state index in [-0.39, 0.29) is 0 Å². The third-order valence-electron chi connectivity index (χ3n) is 3.01. The van der Waals surface area contributed by atoms with Gasteiger partial charge < -0.3 is 14.5 Å². The molecule has 0 saturated heterocycles. The summed E-state index contributed by atoms with van der Waals surface area (Å²) in [6.45, 7) is 4.33. The number of oxazole rings is 1. The van der Waals surface area contributed by atoms with Gasteiger partial charge in [0.1, 0.15) is 0 Å². The predicted octanol–water partition coefficient (Wildman–Crippen LogP) is 3.08. The van der Waals surface area contributed by atoms with Crippen molar-refractivity contribution < 1.29 is 9.15 Å². The van der Waals surface area contributed by atoms with Crippen LogP contribution in [0.3, 0.4) is 0 Å². The molecular weight excluding hydrogens is 276 g/mol. The van der Waals surface area contributed by atoms with Gasteiger partial charge in [-0.1, -0.05) is 23.7 Å². The van der Waals surface area contributed by atoms with E-state index in [2.05, 4.69) is 10.3 Å². The van der Waals surface area contributed by atoms with Crippen molar-refractivity contribution >= 4 is 11.6 Å². The maximum absolute atomic E-state index is 6.12. The van der Waals surface area contributed by atoms with Crippen molar-refractivity contribution in [2.75, 3.05) is 26.8 Å². The number of nitrogens with zero attached hydrogens (tertiary/aromatic N) is 1. The van der Waals surface area contributed by atoms with E-state index >= 15 is 0 Å². The summed E-state index contributed by atoms with van der Waals surface area (Å²) in [5.74, 6) is 1.47. The summed E-state index contributed by atoms with van der Waals surface area (Å²) in [4.78, 5) is 4.28. The van der Waals surface area contributed by atoms with Gasteiger partial charge in [-0.25, -0.2) is 4.98 Å². The molecule has 0 spiro atoms. The summed E-state index contributed by atoms with van der Waals surface area (Å²) in [5.41, 5.74) is 2.00. The molecule has 0 aliphatic carbocycles. The standard InChI is InChI=1S/C15H19ClN2O2/c1-11-3-4-12(9-13(11)16)14-10-18-15(20-14)5-6-17-7-8-19-2/h3-4,9-10,17H,5-8H2,1-2H3. The highest BCUT2D eigenvalue weighted by atomic mass is 35.5. The van der Waals surface area contributed by atoms with Gasteiger partial charge in [-0.05, 0) is 18.6 Å². The van der Waals surface area contributed by atoms with Crippen molar-refractivity contribution in [2.24, 2.45) is 0 Å². The number of rotatable bonds is 7. The van der Waals surface area contributed by atoms with Gasteiger partial charge in [0, 0.05) is 37.2 Å². The summed E-state index contributed by atoms with van der Waals surface area (Å²) in [7, 11) is 1.69. The van der Waals surface area contributed by atoms with Crippen LogP contribution >= 0.6 is 11.6 Å². The van der Waals surface area contributed by atoms with E-state index in [1.165, 1.54) is 0 Å². The van der Waals surface area contributed by atoms with Crippen LogP contribution in [0, 0.1) is 6.92 Å². The zero-order chi connectivity index (χ0) is 14.4. The first-order chi connectivity index (χ1) is 9.70. The Morgan fingerprint density at radius 1 is 1.35 bits per heavy atom. The van der Waals surface area contributed by atoms with E-state index in [0.717, 1.165) is 47.3 Å². The predicted molar refractivity (Wildman–Crippen MR) is 80.1 cm³/mol. The Kier molecular flexibility index (Phi) is 5.59. The topological polar surface area (TPSA) is 47.3 Å². The van der Waals surface area contributed by atoms with Crippen LogP contribution in [0.25, 0.3) is 11.3 Å². The largest absolute Gasteiger partial charge is 0.441 e. The van der Waals surface area contributed by atoms with E-state index in [9.17, 15) is 0 Å². The van der Waals surface area contributed by atoms with Crippen LogP contribution in [-0.4, -0.2) is 31.8 Å². The molecule has 0 bridgehead atoms. The number of aromatic nitrogens is 1. The highest BCUT2D eigenvalue weighted by Crippen LogP contribution is 2.25. The fourth-order valence-electron chi connectivity index (χ4n) is 1.80. The molecule has 0 radical (unpaired) electrons. The van der Waals surface area contributed by atoms with Crippen molar-refractivity contribution in [3.05, 3.63) is 40.9 Å². The van der Waals surface area contributed by atoms with Crippen molar-refractivity contribution in [2.45, 2.75) is 13.3 Å². The maximum Gasteiger partial charge on any atom is 0.196 e. The van der Waals surface area contributed by atoms with E-state index in [1.54, 1.807) is 13.3 Å². The van der Waals surface area contributed by atoms with Crippen molar-refractivity contribution in [3.8, 4) is 11.3 Å². The molecule has 1 N–H and O–H groups in total. The van der Waals surface area contributed by atoms with Crippen molar-refractivity contribution in [1.82, 2.24) is 10.3 Å². The smallest absolute Gasteiger partial charge is 0.196 e. The molecule has 0 amide bonds. The van der Waals surface area contributed by atoms with E-state index in [0.29, 0.717) is 6.61 Å². The number of benzene rings is 1. The normalized spacial score (nSPS) is 10.9. The molecule has 1 aromatic carbocycles. The monoisotopic (exact) mass is 294 g/mol.